The standard InChI is InChI=1S/C18H26O4/c1-3-4-5-6-7-8-13-22-18(20)12-10-15-9-11-17(21-2)16(19)14-15/h9-12,14,19H,3-8,13H2,1-2H3. The predicted octanol–water partition coefficient (Wildman–Crippen LogP) is 4.32. The summed E-state index contributed by atoms with van der Waals surface area (Å²) in [6.45, 7) is 2.65. The zero-order valence-corrected chi connectivity index (χ0v) is 13.5. The zero-order chi connectivity index (χ0) is 16.2. The number of phenols is 1. The van der Waals surface area contributed by atoms with E-state index in [1.165, 1.54) is 44.9 Å². The Balaban J connectivity index is 2.25. The van der Waals surface area contributed by atoms with Gasteiger partial charge in [0.15, 0.2) is 11.5 Å². The number of methoxy groups -OCH3 is 1. The second-order valence-electron chi connectivity index (χ2n) is 5.20. The number of esters is 1. The summed E-state index contributed by atoms with van der Waals surface area (Å²) in [6.07, 6.45) is 9.96. The Morgan fingerprint density at radius 3 is 2.59 bits per heavy atom. The van der Waals surface area contributed by atoms with Crippen LogP contribution in [0.4, 0.5) is 0 Å². The summed E-state index contributed by atoms with van der Waals surface area (Å²) in [5.41, 5.74) is 0.717. The third kappa shape index (κ3) is 7.16. The van der Waals surface area contributed by atoms with Crippen LogP contribution in [0.3, 0.4) is 0 Å². The van der Waals surface area contributed by atoms with Gasteiger partial charge in [-0.2, -0.15) is 0 Å². The van der Waals surface area contributed by atoms with Crippen molar-refractivity contribution in [2.45, 2.75) is 45.4 Å². The van der Waals surface area contributed by atoms with Crippen LogP contribution in [0.5, 0.6) is 11.5 Å². The van der Waals surface area contributed by atoms with Gasteiger partial charge in [-0.3, -0.25) is 0 Å². The van der Waals surface area contributed by atoms with Crippen LogP contribution >= 0.6 is 0 Å². The highest BCUT2D eigenvalue weighted by atomic mass is 16.5. The van der Waals surface area contributed by atoms with Gasteiger partial charge in [-0.1, -0.05) is 45.1 Å². The van der Waals surface area contributed by atoms with Gasteiger partial charge in [0.05, 0.1) is 13.7 Å². The molecule has 0 atom stereocenters. The fourth-order valence-corrected chi connectivity index (χ4v) is 2.08. The van der Waals surface area contributed by atoms with Crippen molar-refractivity contribution in [3.05, 3.63) is 29.8 Å². The van der Waals surface area contributed by atoms with Crippen LogP contribution in [0.1, 0.15) is 51.0 Å². The van der Waals surface area contributed by atoms with Gasteiger partial charge in [0, 0.05) is 6.08 Å². The summed E-state index contributed by atoms with van der Waals surface area (Å²) in [6, 6.07) is 4.95. The molecule has 1 aromatic carbocycles. The Bertz CT molecular complexity index is 480. The average molecular weight is 306 g/mol. The molecule has 4 nitrogen and oxygen atoms in total. The predicted molar refractivity (Wildman–Crippen MR) is 88.0 cm³/mol. The van der Waals surface area contributed by atoms with Crippen molar-refractivity contribution in [2.75, 3.05) is 13.7 Å². The first-order valence-electron chi connectivity index (χ1n) is 7.89. The summed E-state index contributed by atoms with van der Waals surface area (Å²) in [5.74, 6) is 0.0942. The first-order chi connectivity index (χ1) is 10.7. The molecular weight excluding hydrogens is 280 g/mol. The molecule has 1 aromatic rings. The number of carbonyl (C=O) groups is 1. The van der Waals surface area contributed by atoms with Gasteiger partial charge in [-0.25, -0.2) is 4.79 Å². The zero-order valence-electron chi connectivity index (χ0n) is 13.5. The number of carbonyl (C=O) groups excluding carboxylic acids is 1. The van der Waals surface area contributed by atoms with Crippen LogP contribution in [0, 0.1) is 0 Å². The van der Waals surface area contributed by atoms with Crippen molar-refractivity contribution in [3.63, 3.8) is 0 Å². The van der Waals surface area contributed by atoms with Crippen molar-refractivity contribution >= 4 is 12.0 Å². The maximum atomic E-state index is 11.6. The number of hydrogen-bond acceptors (Lipinski definition) is 4. The lowest BCUT2D eigenvalue weighted by atomic mass is 10.1. The highest BCUT2D eigenvalue weighted by molar-refractivity contribution is 5.87. The van der Waals surface area contributed by atoms with Crippen LogP contribution in [0.2, 0.25) is 0 Å². The molecule has 0 aliphatic rings. The first-order valence-corrected chi connectivity index (χ1v) is 7.89. The van der Waals surface area contributed by atoms with Crippen molar-refractivity contribution in [3.8, 4) is 11.5 Å². The fraction of sp³-hybridized carbons (Fsp3) is 0.500. The minimum atomic E-state index is -0.358. The van der Waals surface area contributed by atoms with Crippen molar-refractivity contribution in [1.82, 2.24) is 0 Å². The van der Waals surface area contributed by atoms with Gasteiger partial charge in [0.2, 0.25) is 0 Å². The van der Waals surface area contributed by atoms with Gasteiger partial charge in [-0.15, -0.1) is 0 Å². The van der Waals surface area contributed by atoms with Crippen LogP contribution in [0.15, 0.2) is 24.3 Å². The molecule has 1 rings (SSSR count). The van der Waals surface area contributed by atoms with E-state index < -0.39 is 0 Å². The Morgan fingerprint density at radius 2 is 1.91 bits per heavy atom. The third-order valence-corrected chi connectivity index (χ3v) is 3.36. The molecule has 0 fully saturated rings. The number of unbranched alkanes of at least 4 members (excludes halogenated alkanes) is 5. The summed E-state index contributed by atoms with van der Waals surface area (Å²) in [4.78, 5) is 11.6. The van der Waals surface area contributed by atoms with Gasteiger partial charge < -0.3 is 14.6 Å². The summed E-state index contributed by atoms with van der Waals surface area (Å²) in [5, 5.41) is 9.64. The van der Waals surface area contributed by atoms with Crippen LogP contribution < -0.4 is 4.74 Å². The van der Waals surface area contributed by atoms with Gasteiger partial charge in [0.1, 0.15) is 0 Å². The van der Waals surface area contributed by atoms with E-state index in [2.05, 4.69) is 6.92 Å². The molecule has 0 unspecified atom stereocenters. The average Bonchev–Trinajstić information content (AvgIpc) is 2.52. The largest absolute Gasteiger partial charge is 0.504 e. The Kier molecular flexibility index (Phi) is 8.80. The van der Waals surface area contributed by atoms with Gasteiger partial charge in [-0.05, 0) is 30.2 Å². The minimum absolute atomic E-state index is 0.0464. The summed E-state index contributed by atoms with van der Waals surface area (Å²) < 4.78 is 10.1. The number of hydrogen-bond donors (Lipinski definition) is 1. The van der Waals surface area contributed by atoms with Crippen molar-refractivity contribution in [1.29, 1.82) is 0 Å². The molecule has 22 heavy (non-hydrogen) atoms. The maximum Gasteiger partial charge on any atom is 0.330 e. The van der Waals surface area contributed by atoms with E-state index in [9.17, 15) is 9.90 Å². The van der Waals surface area contributed by atoms with Crippen molar-refractivity contribution < 1.29 is 19.4 Å². The molecule has 122 valence electrons. The Hall–Kier alpha value is -1.97. The lowest BCUT2D eigenvalue weighted by molar-refractivity contribution is -0.137. The summed E-state index contributed by atoms with van der Waals surface area (Å²) in [7, 11) is 1.49. The van der Waals surface area contributed by atoms with Gasteiger partial charge >= 0.3 is 5.97 Å². The second-order valence-corrected chi connectivity index (χ2v) is 5.20. The Morgan fingerprint density at radius 1 is 1.18 bits per heavy atom. The third-order valence-electron chi connectivity index (χ3n) is 3.36. The smallest absolute Gasteiger partial charge is 0.330 e. The molecule has 0 aromatic heterocycles. The molecule has 0 amide bonds. The number of aromatic hydroxyl groups is 1. The van der Waals surface area contributed by atoms with E-state index in [0.717, 1.165) is 18.4 Å². The number of rotatable bonds is 10. The number of phenolic OH excluding ortho intramolecular Hbond substituents is 1. The van der Waals surface area contributed by atoms with Crippen LogP contribution in [-0.4, -0.2) is 24.8 Å². The van der Waals surface area contributed by atoms with Crippen LogP contribution in [-0.2, 0) is 9.53 Å². The SMILES string of the molecule is CCCCCCCCOC(=O)C=Cc1ccc(OC)c(O)c1. The van der Waals surface area contributed by atoms with E-state index in [1.807, 2.05) is 0 Å². The molecule has 0 aliphatic carbocycles. The molecular formula is C18H26O4. The quantitative estimate of drug-likeness (QED) is 0.397. The molecule has 0 heterocycles. The first kappa shape index (κ1) is 18.1. The molecule has 0 spiro atoms. The van der Waals surface area contributed by atoms with E-state index in [0.29, 0.717) is 12.4 Å². The molecule has 0 saturated carbocycles. The molecule has 0 bridgehead atoms. The van der Waals surface area contributed by atoms with Crippen molar-refractivity contribution in [2.24, 2.45) is 0 Å². The summed E-state index contributed by atoms with van der Waals surface area (Å²) >= 11 is 0. The van der Waals surface area contributed by atoms with Crippen LogP contribution in [0.25, 0.3) is 6.08 Å². The van der Waals surface area contributed by atoms with E-state index in [1.54, 1.807) is 18.2 Å². The maximum absolute atomic E-state index is 11.6. The molecule has 4 heteroatoms. The van der Waals surface area contributed by atoms with Gasteiger partial charge in [0.25, 0.3) is 0 Å². The lowest BCUT2D eigenvalue weighted by Gasteiger charge is -2.04. The second kappa shape index (κ2) is 10.7. The minimum Gasteiger partial charge on any atom is -0.504 e. The van der Waals surface area contributed by atoms with E-state index in [-0.39, 0.29) is 11.7 Å². The highest BCUT2D eigenvalue weighted by Gasteiger charge is 2.01. The molecule has 0 saturated heterocycles. The normalized spacial score (nSPS) is 10.8. The molecule has 1 N–H and O–H groups in total. The molecule has 0 radical (unpaired) electrons. The van der Waals surface area contributed by atoms with E-state index in [4.69, 9.17) is 9.47 Å². The number of benzene rings is 1. The topological polar surface area (TPSA) is 55.8 Å². The monoisotopic (exact) mass is 306 g/mol. The highest BCUT2D eigenvalue weighted by Crippen LogP contribution is 2.26. The van der Waals surface area contributed by atoms with E-state index >= 15 is 0 Å². The Labute approximate surface area is 132 Å². The molecule has 0 aliphatic heterocycles. The lowest BCUT2D eigenvalue weighted by Crippen LogP contribution is -2.02. The fourth-order valence-electron chi connectivity index (χ4n) is 2.08. The number of ether oxygens (including phenoxy) is 2.